The number of rotatable bonds is 3. The maximum Gasteiger partial charge on any atom is 0.387 e. The molecule has 3 rings (SSSR count). The molecule has 2 aromatic carbocycles. The van der Waals surface area contributed by atoms with E-state index in [1.807, 2.05) is 26.0 Å². The average molecular weight is 288 g/mol. The second kappa shape index (κ2) is 5.16. The van der Waals surface area contributed by atoms with Crippen molar-refractivity contribution < 1.29 is 13.5 Å². The molecule has 0 bridgehead atoms. The van der Waals surface area contributed by atoms with Crippen LogP contribution in [0, 0.1) is 13.8 Å². The fourth-order valence-corrected chi connectivity index (χ4v) is 2.23. The molecule has 1 heterocycles. The zero-order chi connectivity index (χ0) is 15.0. The highest BCUT2D eigenvalue weighted by atomic mass is 19.3. The lowest BCUT2D eigenvalue weighted by Crippen LogP contribution is -2.01. The van der Waals surface area contributed by atoms with Gasteiger partial charge in [0.05, 0.1) is 11.0 Å². The van der Waals surface area contributed by atoms with Gasteiger partial charge in [0.15, 0.2) is 0 Å². The number of halogens is 2. The number of ether oxygens (including phenoxy) is 1. The number of imidazole rings is 1. The van der Waals surface area contributed by atoms with Crippen molar-refractivity contribution in [3.63, 3.8) is 0 Å². The molecular formula is C16H14F2N2O. The Morgan fingerprint density at radius 3 is 2.62 bits per heavy atom. The summed E-state index contributed by atoms with van der Waals surface area (Å²) < 4.78 is 28.9. The first-order valence-electron chi connectivity index (χ1n) is 6.55. The monoisotopic (exact) mass is 288 g/mol. The molecule has 1 N–H and O–H groups in total. The van der Waals surface area contributed by atoms with Crippen LogP contribution in [-0.4, -0.2) is 16.6 Å². The quantitative estimate of drug-likeness (QED) is 0.773. The number of aromatic amines is 1. The summed E-state index contributed by atoms with van der Waals surface area (Å²) in [5.41, 5.74) is 4.82. The van der Waals surface area contributed by atoms with Crippen molar-refractivity contribution in [1.82, 2.24) is 9.97 Å². The van der Waals surface area contributed by atoms with E-state index < -0.39 is 6.61 Å². The Hall–Kier alpha value is -2.43. The molecule has 3 aromatic rings. The van der Waals surface area contributed by atoms with Crippen LogP contribution >= 0.6 is 0 Å². The Morgan fingerprint density at radius 2 is 1.86 bits per heavy atom. The van der Waals surface area contributed by atoms with Crippen LogP contribution in [0.4, 0.5) is 8.78 Å². The van der Waals surface area contributed by atoms with Crippen LogP contribution in [0.15, 0.2) is 36.4 Å². The van der Waals surface area contributed by atoms with Crippen molar-refractivity contribution >= 4 is 11.0 Å². The van der Waals surface area contributed by atoms with Crippen molar-refractivity contribution in [1.29, 1.82) is 0 Å². The van der Waals surface area contributed by atoms with Gasteiger partial charge in [-0.15, -0.1) is 0 Å². The fourth-order valence-electron chi connectivity index (χ4n) is 2.23. The summed E-state index contributed by atoms with van der Waals surface area (Å²) >= 11 is 0. The molecule has 21 heavy (non-hydrogen) atoms. The van der Waals surface area contributed by atoms with Crippen molar-refractivity contribution in [2.75, 3.05) is 0 Å². The predicted molar refractivity (Wildman–Crippen MR) is 77.6 cm³/mol. The number of fused-ring (bicyclic) bond motifs is 1. The second-order valence-electron chi connectivity index (χ2n) is 4.95. The first-order chi connectivity index (χ1) is 10.0. The smallest absolute Gasteiger partial charge is 0.387 e. The van der Waals surface area contributed by atoms with Gasteiger partial charge in [-0.05, 0) is 49.2 Å². The number of aryl methyl sites for hydroxylation is 2. The molecule has 0 fully saturated rings. The summed E-state index contributed by atoms with van der Waals surface area (Å²) in [7, 11) is 0. The third-order valence-electron chi connectivity index (χ3n) is 3.43. The van der Waals surface area contributed by atoms with Gasteiger partial charge in [0.2, 0.25) is 0 Å². The van der Waals surface area contributed by atoms with Crippen molar-refractivity contribution in [3.8, 4) is 17.1 Å². The molecule has 108 valence electrons. The molecule has 0 aliphatic heterocycles. The first kappa shape index (κ1) is 13.5. The van der Waals surface area contributed by atoms with Gasteiger partial charge in [0, 0.05) is 5.56 Å². The topological polar surface area (TPSA) is 37.9 Å². The number of benzene rings is 2. The lowest BCUT2D eigenvalue weighted by atomic mass is 10.1. The van der Waals surface area contributed by atoms with E-state index >= 15 is 0 Å². The molecule has 0 unspecified atom stereocenters. The van der Waals surface area contributed by atoms with Gasteiger partial charge in [-0.3, -0.25) is 0 Å². The maximum absolute atomic E-state index is 12.3. The zero-order valence-corrected chi connectivity index (χ0v) is 11.7. The van der Waals surface area contributed by atoms with E-state index in [0.29, 0.717) is 11.4 Å². The largest absolute Gasteiger partial charge is 0.435 e. The summed E-state index contributed by atoms with van der Waals surface area (Å²) in [5, 5.41) is 0. The van der Waals surface area contributed by atoms with Crippen LogP contribution in [-0.2, 0) is 0 Å². The molecule has 1 aromatic heterocycles. The number of H-pyrrole nitrogens is 1. The highest BCUT2D eigenvalue weighted by molar-refractivity contribution is 5.81. The first-order valence-corrected chi connectivity index (χ1v) is 6.55. The van der Waals surface area contributed by atoms with E-state index in [9.17, 15) is 8.78 Å². The summed E-state index contributed by atoms with van der Waals surface area (Å²) in [6, 6.07) is 10.5. The van der Waals surface area contributed by atoms with E-state index in [2.05, 4.69) is 14.7 Å². The number of aromatic nitrogens is 2. The molecule has 0 atom stereocenters. The average Bonchev–Trinajstić information content (AvgIpc) is 2.82. The Labute approximate surface area is 120 Å². The predicted octanol–water partition coefficient (Wildman–Crippen LogP) is 4.45. The van der Waals surface area contributed by atoms with Crippen molar-refractivity contribution in [2.45, 2.75) is 20.5 Å². The molecule has 0 aliphatic rings. The summed E-state index contributed by atoms with van der Waals surface area (Å²) in [6.45, 7) is 1.23. The van der Waals surface area contributed by atoms with Crippen molar-refractivity contribution in [2.24, 2.45) is 0 Å². The van der Waals surface area contributed by atoms with Gasteiger partial charge in [0.1, 0.15) is 11.6 Å². The molecule has 0 saturated carbocycles. The van der Waals surface area contributed by atoms with Crippen LogP contribution in [0.1, 0.15) is 11.1 Å². The van der Waals surface area contributed by atoms with E-state index in [0.717, 1.165) is 16.6 Å². The molecule has 0 saturated heterocycles. The zero-order valence-electron chi connectivity index (χ0n) is 11.7. The minimum atomic E-state index is -2.83. The lowest BCUT2D eigenvalue weighted by Gasteiger charge is -2.05. The third-order valence-corrected chi connectivity index (χ3v) is 3.43. The molecular weight excluding hydrogens is 274 g/mol. The van der Waals surface area contributed by atoms with Crippen LogP contribution in [0.2, 0.25) is 0 Å². The number of alkyl halides is 2. The van der Waals surface area contributed by atoms with E-state index in [1.165, 1.54) is 11.6 Å². The summed E-state index contributed by atoms with van der Waals surface area (Å²) in [4.78, 5) is 7.71. The third kappa shape index (κ3) is 2.72. The Kier molecular flexibility index (Phi) is 3.33. The van der Waals surface area contributed by atoms with Gasteiger partial charge < -0.3 is 9.72 Å². The van der Waals surface area contributed by atoms with Crippen molar-refractivity contribution in [3.05, 3.63) is 47.5 Å². The molecule has 0 radical (unpaired) electrons. The molecule has 0 amide bonds. The van der Waals surface area contributed by atoms with Gasteiger partial charge in [-0.1, -0.05) is 12.1 Å². The van der Waals surface area contributed by atoms with Crippen LogP contribution < -0.4 is 4.74 Å². The molecule has 5 heteroatoms. The van der Waals surface area contributed by atoms with Crippen LogP contribution in [0.25, 0.3) is 22.4 Å². The lowest BCUT2D eigenvalue weighted by molar-refractivity contribution is -0.0498. The number of hydrogen-bond donors (Lipinski definition) is 1. The van der Waals surface area contributed by atoms with E-state index in [-0.39, 0.29) is 5.75 Å². The number of nitrogens with one attached hydrogen (secondary N) is 1. The Morgan fingerprint density at radius 1 is 1.10 bits per heavy atom. The SMILES string of the molecule is Cc1cc2nc(-c3cccc(OC(F)F)c3)[nH]c2cc1C. The fraction of sp³-hybridized carbons (Fsp3) is 0.188. The normalized spacial score (nSPS) is 11.3. The van der Waals surface area contributed by atoms with Gasteiger partial charge in [-0.2, -0.15) is 8.78 Å². The van der Waals surface area contributed by atoms with E-state index in [4.69, 9.17) is 0 Å². The minimum Gasteiger partial charge on any atom is -0.435 e. The minimum absolute atomic E-state index is 0.121. The standard InChI is InChI=1S/C16H14F2N2O/c1-9-6-13-14(7-10(9)2)20-15(19-13)11-4-3-5-12(8-11)21-16(17)18/h3-8,16H,1-2H3,(H,19,20). The second-order valence-corrected chi connectivity index (χ2v) is 4.95. The maximum atomic E-state index is 12.3. The Balaban J connectivity index is 2.04. The van der Waals surface area contributed by atoms with Crippen LogP contribution in [0.5, 0.6) is 5.75 Å². The molecule has 0 spiro atoms. The summed E-state index contributed by atoms with van der Waals surface area (Å²) in [6.07, 6.45) is 0. The summed E-state index contributed by atoms with van der Waals surface area (Å²) in [5.74, 6) is 0.755. The van der Waals surface area contributed by atoms with E-state index in [1.54, 1.807) is 18.2 Å². The molecule has 3 nitrogen and oxygen atoms in total. The number of hydrogen-bond acceptors (Lipinski definition) is 2. The van der Waals surface area contributed by atoms with Gasteiger partial charge in [-0.25, -0.2) is 4.98 Å². The van der Waals surface area contributed by atoms with Crippen LogP contribution in [0.3, 0.4) is 0 Å². The number of nitrogens with zero attached hydrogens (tertiary/aromatic N) is 1. The van der Waals surface area contributed by atoms with Gasteiger partial charge in [0.25, 0.3) is 0 Å². The van der Waals surface area contributed by atoms with Gasteiger partial charge >= 0.3 is 6.61 Å². The highest BCUT2D eigenvalue weighted by Crippen LogP contribution is 2.26. The highest BCUT2D eigenvalue weighted by Gasteiger charge is 2.09. The molecule has 0 aliphatic carbocycles. The Bertz CT molecular complexity index is 757.